The van der Waals surface area contributed by atoms with Gasteiger partial charge in [0.15, 0.2) is 0 Å². The number of carbonyl (C=O) groups excluding carboxylic acids is 1. The van der Waals surface area contributed by atoms with Crippen molar-refractivity contribution in [2.24, 2.45) is 0 Å². The Balaban J connectivity index is 2.36. The van der Waals surface area contributed by atoms with Gasteiger partial charge in [0.05, 0.1) is 0 Å². The molecule has 5 heteroatoms. The zero-order chi connectivity index (χ0) is 6.69. The fourth-order valence-corrected chi connectivity index (χ4v) is 2.09. The summed E-state index contributed by atoms with van der Waals surface area (Å²) in [7, 11) is 0. The lowest BCUT2D eigenvalue weighted by molar-refractivity contribution is -0.120. The molecule has 0 N–H and O–H groups in total. The average Bonchev–Trinajstić information content (AvgIpc) is 2.37. The molecule has 2 nitrogen and oxygen atoms in total. The summed E-state index contributed by atoms with van der Waals surface area (Å²) in [6, 6.07) is 0. The minimum atomic E-state index is -0.0586. The van der Waals surface area contributed by atoms with E-state index >= 15 is 0 Å². The highest BCUT2D eigenvalue weighted by Crippen LogP contribution is 2.31. The van der Waals surface area contributed by atoms with E-state index in [1.807, 2.05) is 10.8 Å². The van der Waals surface area contributed by atoms with Gasteiger partial charge >= 0.3 is 0 Å². The third-order valence-corrected chi connectivity index (χ3v) is 2.91. The maximum atomic E-state index is 10.7. The van der Waals surface area contributed by atoms with Crippen LogP contribution in [-0.2, 0) is 4.79 Å². The highest BCUT2D eigenvalue weighted by molar-refractivity contribution is 8.18. The van der Waals surface area contributed by atoms with Crippen molar-refractivity contribution in [1.82, 2.24) is 3.71 Å². The fourth-order valence-electron chi connectivity index (χ4n) is 0.351. The van der Waals surface area contributed by atoms with Gasteiger partial charge in [-0.15, -0.1) is 11.6 Å². The zero-order valence-corrected chi connectivity index (χ0v) is 6.80. The summed E-state index contributed by atoms with van der Waals surface area (Å²) < 4.78 is 1.53. The van der Waals surface area contributed by atoms with Crippen LogP contribution in [0.2, 0.25) is 0 Å². The van der Waals surface area contributed by atoms with Gasteiger partial charge in [0.1, 0.15) is 5.88 Å². The van der Waals surface area contributed by atoms with E-state index in [1.54, 1.807) is 0 Å². The van der Waals surface area contributed by atoms with Gasteiger partial charge in [0, 0.05) is 10.8 Å². The molecule has 1 amide bonds. The third-order valence-electron chi connectivity index (χ3n) is 0.687. The summed E-state index contributed by atoms with van der Waals surface area (Å²) in [4.78, 5) is 10.7. The molecular weight excluding hydrogens is 178 g/mol. The van der Waals surface area contributed by atoms with Crippen LogP contribution >= 0.6 is 35.5 Å². The molecule has 0 aliphatic carbocycles. The van der Waals surface area contributed by atoms with Crippen LogP contribution in [0.25, 0.3) is 0 Å². The standard InChI is InChI=1S/C4H4ClNOS2/c5-3-4(7)6-8-1-2-9-6/h1-2H,3H2. The van der Waals surface area contributed by atoms with Crippen molar-refractivity contribution in [2.45, 2.75) is 0 Å². The van der Waals surface area contributed by atoms with Crippen molar-refractivity contribution < 1.29 is 4.79 Å². The molecule has 0 bridgehead atoms. The monoisotopic (exact) mass is 181 g/mol. The van der Waals surface area contributed by atoms with E-state index in [4.69, 9.17) is 11.6 Å². The Kier molecular flexibility index (Phi) is 2.75. The molecule has 1 aliphatic heterocycles. The Labute approximate surface area is 66.9 Å². The average molecular weight is 182 g/mol. The normalized spacial score (nSPS) is 16.8. The summed E-state index contributed by atoms with van der Waals surface area (Å²) in [5.74, 6) is -0.00142. The van der Waals surface area contributed by atoms with E-state index in [0.29, 0.717) is 0 Å². The molecule has 1 rings (SSSR count). The lowest BCUT2D eigenvalue weighted by Gasteiger charge is -2.07. The summed E-state index contributed by atoms with van der Waals surface area (Å²) in [5.41, 5.74) is 0. The van der Waals surface area contributed by atoms with Gasteiger partial charge in [-0.25, -0.2) is 3.71 Å². The molecular formula is C4H4ClNOS2. The number of rotatable bonds is 1. The summed E-state index contributed by atoms with van der Waals surface area (Å²) in [5, 5.41) is 3.68. The maximum Gasteiger partial charge on any atom is 0.258 e. The summed E-state index contributed by atoms with van der Waals surface area (Å²) >= 11 is 8.00. The van der Waals surface area contributed by atoms with Crippen LogP contribution < -0.4 is 0 Å². The van der Waals surface area contributed by atoms with E-state index in [1.165, 1.54) is 27.6 Å². The van der Waals surface area contributed by atoms with E-state index in [9.17, 15) is 4.79 Å². The first-order valence-electron chi connectivity index (χ1n) is 2.22. The van der Waals surface area contributed by atoms with Crippen molar-refractivity contribution >= 4 is 41.4 Å². The van der Waals surface area contributed by atoms with Crippen LogP contribution in [-0.4, -0.2) is 15.5 Å². The van der Waals surface area contributed by atoms with E-state index in [0.717, 1.165) is 0 Å². The predicted octanol–water partition coefficient (Wildman–Crippen LogP) is 1.83. The van der Waals surface area contributed by atoms with Gasteiger partial charge in [-0.2, -0.15) is 0 Å². The number of hydrogen-bond acceptors (Lipinski definition) is 3. The highest BCUT2D eigenvalue weighted by Gasteiger charge is 2.14. The van der Waals surface area contributed by atoms with Crippen LogP contribution in [0.1, 0.15) is 0 Å². The highest BCUT2D eigenvalue weighted by atomic mass is 35.5. The van der Waals surface area contributed by atoms with Gasteiger partial charge in [0.25, 0.3) is 5.91 Å². The molecule has 0 atom stereocenters. The van der Waals surface area contributed by atoms with Crippen molar-refractivity contribution in [1.29, 1.82) is 0 Å². The Hall–Kier alpha value is 0.200. The van der Waals surface area contributed by atoms with Crippen molar-refractivity contribution in [3.63, 3.8) is 0 Å². The lowest BCUT2D eigenvalue weighted by atomic mass is 10.8. The van der Waals surface area contributed by atoms with Gasteiger partial charge in [-0.3, -0.25) is 4.79 Å². The summed E-state index contributed by atoms with van der Waals surface area (Å²) in [6.45, 7) is 0. The van der Waals surface area contributed by atoms with E-state index in [2.05, 4.69) is 0 Å². The number of carbonyl (C=O) groups is 1. The topological polar surface area (TPSA) is 20.3 Å². The van der Waals surface area contributed by atoms with Gasteiger partial charge < -0.3 is 0 Å². The van der Waals surface area contributed by atoms with Gasteiger partial charge in [-0.1, -0.05) is 0 Å². The molecule has 50 valence electrons. The van der Waals surface area contributed by atoms with Gasteiger partial charge in [-0.05, 0) is 23.9 Å². The first-order valence-corrected chi connectivity index (χ1v) is 4.43. The van der Waals surface area contributed by atoms with E-state index in [-0.39, 0.29) is 11.8 Å². The lowest BCUT2D eigenvalue weighted by Crippen LogP contribution is -2.14. The van der Waals surface area contributed by atoms with Crippen LogP contribution in [0.3, 0.4) is 0 Å². The first-order chi connectivity index (χ1) is 4.34. The second-order valence-electron chi connectivity index (χ2n) is 1.27. The second-order valence-corrected chi connectivity index (χ2v) is 3.46. The molecule has 0 aromatic rings. The van der Waals surface area contributed by atoms with Crippen LogP contribution in [0.5, 0.6) is 0 Å². The molecule has 0 radical (unpaired) electrons. The minimum absolute atomic E-state index is 0.0572. The zero-order valence-electron chi connectivity index (χ0n) is 4.41. The Bertz CT molecular complexity index is 142. The second kappa shape index (κ2) is 3.39. The molecule has 1 aliphatic rings. The molecule has 0 aromatic carbocycles. The number of alkyl halides is 1. The molecule has 0 aromatic heterocycles. The quantitative estimate of drug-likeness (QED) is 0.455. The van der Waals surface area contributed by atoms with Crippen LogP contribution in [0.15, 0.2) is 10.8 Å². The SMILES string of the molecule is O=C(CCl)N1SC=CS1. The Morgan fingerprint density at radius 1 is 1.56 bits per heavy atom. The maximum absolute atomic E-state index is 10.7. The molecule has 1 heterocycles. The number of halogens is 1. The van der Waals surface area contributed by atoms with Crippen LogP contribution in [0, 0.1) is 0 Å². The van der Waals surface area contributed by atoms with Crippen molar-refractivity contribution in [2.75, 3.05) is 5.88 Å². The third kappa shape index (κ3) is 1.81. The fraction of sp³-hybridized carbons (Fsp3) is 0.250. The molecule has 0 spiro atoms. The molecule has 9 heavy (non-hydrogen) atoms. The molecule has 0 saturated heterocycles. The largest absolute Gasteiger partial charge is 0.272 e. The summed E-state index contributed by atoms with van der Waals surface area (Å²) in [6.07, 6.45) is 0. The van der Waals surface area contributed by atoms with Gasteiger partial charge in [0.2, 0.25) is 0 Å². The number of nitrogens with zero attached hydrogens (tertiary/aromatic N) is 1. The molecule has 0 saturated carbocycles. The van der Waals surface area contributed by atoms with Crippen LogP contribution in [0.4, 0.5) is 0 Å². The minimum Gasteiger partial charge on any atom is -0.272 e. The predicted molar refractivity (Wildman–Crippen MR) is 41.9 cm³/mol. The van der Waals surface area contributed by atoms with Crippen molar-refractivity contribution in [3.05, 3.63) is 10.8 Å². The molecule has 0 unspecified atom stereocenters. The Morgan fingerprint density at radius 2 is 2.11 bits per heavy atom. The smallest absolute Gasteiger partial charge is 0.258 e. The van der Waals surface area contributed by atoms with E-state index < -0.39 is 0 Å². The molecule has 0 fully saturated rings. The first kappa shape index (κ1) is 7.31. The van der Waals surface area contributed by atoms with Crippen molar-refractivity contribution in [3.8, 4) is 0 Å². The number of amides is 1. The Morgan fingerprint density at radius 3 is 2.56 bits per heavy atom. The number of hydrogen-bond donors (Lipinski definition) is 0.